The molecule has 0 aliphatic carbocycles. The molecular formula is C8H8FN5. The normalized spacial score (nSPS) is 10.1. The molecule has 0 radical (unpaired) electrons. The first kappa shape index (κ1) is 8.49. The van der Waals surface area contributed by atoms with Gasteiger partial charge in [0.15, 0.2) is 0 Å². The molecule has 0 aliphatic heterocycles. The molecule has 0 saturated heterocycles. The zero-order chi connectivity index (χ0) is 9.97. The number of aromatic nitrogens is 3. The number of rotatable bonds is 2. The highest BCUT2D eigenvalue weighted by atomic mass is 19.1. The summed E-state index contributed by atoms with van der Waals surface area (Å²) in [7, 11) is 0. The van der Waals surface area contributed by atoms with Gasteiger partial charge in [-0.25, -0.2) is 9.49 Å². The van der Waals surface area contributed by atoms with Gasteiger partial charge in [0.2, 0.25) is 11.9 Å². The Kier molecular flexibility index (Phi) is 2.02. The van der Waals surface area contributed by atoms with Gasteiger partial charge in [0.1, 0.15) is 5.82 Å². The zero-order valence-corrected chi connectivity index (χ0v) is 7.16. The molecule has 14 heavy (non-hydrogen) atoms. The quantitative estimate of drug-likeness (QED) is 0.671. The van der Waals surface area contributed by atoms with E-state index in [9.17, 15) is 4.39 Å². The zero-order valence-electron chi connectivity index (χ0n) is 7.16. The Morgan fingerprint density at radius 3 is 2.57 bits per heavy atom. The van der Waals surface area contributed by atoms with Crippen molar-refractivity contribution >= 4 is 17.6 Å². The van der Waals surface area contributed by atoms with Crippen LogP contribution in [0.1, 0.15) is 0 Å². The lowest BCUT2D eigenvalue weighted by Crippen LogP contribution is -1.92. The number of aromatic amines is 1. The summed E-state index contributed by atoms with van der Waals surface area (Å²) >= 11 is 0. The summed E-state index contributed by atoms with van der Waals surface area (Å²) in [6, 6.07) is 5.86. The van der Waals surface area contributed by atoms with Crippen LogP contribution >= 0.6 is 0 Å². The van der Waals surface area contributed by atoms with E-state index in [1.165, 1.54) is 12.1 Å². The predicted octanol–water partition coefficient (Wildman–Crippen LogP) is 1.27. The third-order valence-corrected chi connectivity index (χ3v) is 1.60. The van der Waals surface area contributed by atoms with Gasteiger partial charge in [-0.1, -0.05) is 0 Å². The molecule has 2 aromatic rings. The molecule has 0 unspecified atom stereocenters. The topological polar surface area (TPSA) is 79.6 Å². The van der Waals surface area contributed by atoms with E-state index in [-0.39, 0.29) is 11.8 Å². The van der Waals surface area contributed by atoms with Crippen LogP contribution in [0.25, 0.3) is 0 Å². The third-order valence-electron chi connectivity index (χ3n) is 1.60. The predicted molar refractivity (Wildman–Crippen MR) is 50.5 cm³/mol. The van der Waals surface area contributed by atoms with Crippen molar-refractivity contribution in [2.24, 2.45) is 0 Å². The SMILES string of the molecule is Nc1nc(Nc2ccc(F)cc2)n[nH]1. The Bertz CT molecular complexity index is 422. The second-order valence-electron chi connectivity index (χ2n) is 2.68. The van der Waals surface area contributed by atoms with Crippen LogP contribution in [0.2, 0.25) is 0 Å². The van der Waals surface area contributed by atoms with Gasteiger partial charge in [-0.05, 0) is 24.3 Å². The summed E-state index contributed by atoms with van der Waals surface area (Å²) < 4.78 is 12.5. The fourth-order valence-corrected chi connectivity index (χ4v) is 0.993. The maximum Gasteiger partial charge on any atom is 0.248 e. The number of nitrogens with one attached hydrogen (secondary N) is 2. The molecule has 0 fully saturated rings. The van der Waals surface area contributed by atoms with Crippen molar-refractivity contribution in [2.45, 2.75) is 0 Å². The van der Waals surface area contributed by atoms with E-state index in [4.69, 9.17) is 5.73 Å². The van der Waals surface area contributed by atoms with Crippen LogP contribution in [-0.2, 0) is 0 Å². The monoisotopic (exact) mass is 193 g/mol. The highest BCUT2D eigenvalue weighted by Crippen LogP contribution is 2.13. The summed E-state index contributed by atoms with van der Waals surface area (Å²) in [6.45, 7) is 0. The molecule has 0 spiro atoms. The standard InChI is InChI=1S/C8H8FN5/c9-5-1-3-6(4-2-5)11-8-12-7(10)13-14-8/h1-4H,(H4,10,11,12,13,14). The molecule has 0 atom stereocenters. The molecule has 6 heteroatoms. The Labute approximate surface area is 79.2 Å². The van der Waals surface area contributed by atoms with E-state index >= 15 is 0 Å². The molecule has 0 bridgehead atoms. The lowest BCUT2D eigenvalue weighted by molar-refractivity contribution is 0.628. The van der Waals surface area contributed by atoms with Gasteiger partial charge in [0.05, 0.1) is 0 Å². The number of halogens is 1. The molecule has 1 aromatic heterocycles. The summed E-state index contributed by atoms with van der Waals surface area (Å²) in [5.74, 6) is 0.300. The van der Waals surface area contributed by atoms with Gasteiger partial charge in [-0.2, -0.15) is 4.98 Å². The second-order valence-corrected chi connectivity index (χ2v) is 2.68. The Morgan fingerprint density at radius 1 is 1.29 bits per heavy atom. The Hall–Kier alpha value is -2.11. The van der Waals surface area contributed by atoms with Crippen LogP contribution in [0.4, 0.5) is 22.0 Å². The van der Waals surface area contributed by atoms with Crippen molar-refractivity contribution in [1.82, 2.24) is 15.2 Å². The fraction of sp³-hybridized carbons (Fsp3) is 0. The van der Waals surface area contributed by atoms with Crippen LogP contribution in [0, 0.1) is 5.82 Å². The molecule has 72 valence electrons. The maximum absolute atomic E-state index is 12.5. The highest BCUT2D eigenvalue weighted by molar-refractivity contribution is 5.53. The van der Waals surface area contributed by atoms with Crippen LogP contribution < -0.4 is 11.1 Å². The number of benzene rings is 1. The summed E-state index contributed by atoms with van der Waals surface area (Å²) in [6.07, 6.45) is 0. The number of nitrogens with two attached hydrogens (primary N) is 1. The number of anilines is 3. The van der Waals surface area contributed by atoms with Gasteiger partial charge in [-0.3, -0.25) is 0 Å². The van der Waals surface area contributed by atoms with Gasteiger partial charge in [-0.15, -0.1) is 5.10 Å². The van der Waals surface area contributed by atoms with E-state index in [0.717, 1.165) is 0 Å². The van der Waals surface area contributed by atoms with Gasteiger partial charge < -0.3 is 11.1 Å². The first-order chi connectivity index (χ1) is 6.74. The smallest absolute Gasteiger partial charge is 0.248 e. The lowest BCUT2D eigenvalue weighted by atomic mass is 10.3. The van der Waals surface area contributed by atoms with Crippen LogP contribution in [0.3, 0.4) is 0 Å². The van der Waals surface area contributed by atoms with Crippen molar-refractivity contribution in [1.29, 1.82) is 0 Å². The average molecular weight is 193 g/mol. The molecule has 2 rings (SSSR count). The number of nitrogen functional groups attached to an aromatic ring is 1. The van der Waals surface area contributed by atoms with Crippen LogP contribution in [0.15, 0.2) is 24.3 Å². The molecule has 4 N–H and O–H groups in total. The maximum atomic E-state index is 12.5. The first-order valence-electron chi connectivity index (χ1n) is 3.94. The van der Waals surface area contributed by atoms with Crippen molar-refractivity contribution in [3.8, 4) is 0 Å². The van der Waals surface area contributed by atoms with E-state index in [0.29, 0.717) is 11.6 Å². The number of nitrogens with zero attached hydrogens (tertiary/aromatic N) is 2. The molecular weight excluding hydrogens is 185 g/mol. The minimum absolute atomic E-state index is 0.231. The van der Waals surface area contributed by atoms with E-state index in [2.05, 4.69) is 20.5 Å². The summed E-state index contributed by atoms with van der Waals surface area (Å²) in [4.78, 5) is 3.83. The van der Waals surface area contributed by atoms with E-state index in [1.807, 2.05) is 0 Å². The molecule has 0 saturated carbocycles. The average Bonchev–Trinajstić information content (AvgIpc) is 2.56. The second kappa shape index (κ2) is 3.33. The Balaban J connectivity index is 2.15. The summed E-state index contributed by atoms with van der Waals surface area (Å²) in [5, 5.41) is 9.10. The van der Waals surface area contributed by atoms with Crippen LogP contribution in [-0.4, -0.2) is 15.2 Å². The highest BCUT2D eigenvalue weighted by Gasteiger charge is 1.99. The van der Waals surface area contributed by atoms with Crippen molar-refractivity contribution < 1.29 is 4.39 Å². The largest absolute Gasteiger partial charge is 0.368 e. The molecule has 0 amide bonds. The molecule has 1 heterocycles. The van der Waals surface area contributed by atoms with Crippen molar-refractivity contribution in [3.05, 3.63) is 30.1 Å². The van der Waals surface area contributed by atoms with Crippen molar-refractivity contribution in [3.63, 3.8) is 0 Å². The van der Waals surface area contributed by atoms with Crippen molar-refractivity contribution in [2.75, 3.05) is 11.1 Å². The third kappa shape index (κ3) is 1.79. The van der Waals surface area contributed by atoms with E-state index in [1.54, 1.807) is 12.1 Å². The minimum Gasteiger partial charge on any atom is -0.368 e. The molecule has 5 nitrogen and oxygen atoms in total. The van der Waals surface area contributed by atoms with Gasteiger partial charge >= 0.3 is 0 Å². The summed E-state index contributed by atoms with van der Waals surface area (Å²) in [5.41, 5.74) is 6.03. The van der Waals surface area contributed by atoms with Crippen LogP contribution in [0.5, 0.6) is 0 Å². The molecule has 1 aromatic carbocycles. The fourth-order valence-electron chi connectivity index (χ4n) is 0.993. The number of H-pyrrole nitrogens is 1. The lowest BCUT2D eigenvalue weighted by Gasteiger charge is -1.99. The van der Waals surface area contributed by atoms with Gasteiger partial charge in [0, 0.05) is 5.69 Å². The molecule has 0 aliphatic rings. The van der Waals surface area contributed by atoms with Gasteiger partial charge in [0.25, 0.3) is 0 Å². The number of hydrogen-bond donors (Lipinski definition) is 3. The Morgan fingerprint density at radius 2 is 2.00 bits per heavy atom. The minimum atomic E-state index is -0.287. The number of hydrogen-bond acceptors (Lipinski definition) is 4. The van der Waals surface area contributed by atoms with E-state index < -0.39 is 0 Å². The first-order valence-corrected chi connectivity index (χ1v) is 3.94.